The monoisotopic (exact) mass is 476 g/mol. The van der Waals surface area contributed by atoms with Gasteiger partial charge in [0.2, 0.25) is 5.91 Å². The summed E-state index contributed by atoms with van der Waals surface area (Å²) in [5, 5.41) is 14.1. The maximum absolute atomic E-state index is 14.0. The summed E-state index contributed by atoms with van der Waals surface area (Å²) in [6.07, 6.45) is 4.29. The summed E-state index contributed by atoms with van der Waals surface area (Å²) in [5.41, 5.74) is 0.911. The Labute approximate surface area is 197 Å². The highest BCUT2D eigenvalue weighted by molar-refractivity contribution is 7.09. The van der Waals surface area contributed by atoms with Crippen molar-refractivity contribution >= 4 is 28.1 Å². The zero-order valence-electron chi connectivity index (χ0n) is 18.3. The van der Waals surface area contributed by atoms with Crippen LogP contribution in [-0.2, 0) is 17.8 Å². The minimum Gasteiger partial charge on any atom is -0.354 e. The van der Waals surface area contributed by atoms with Crippen LogP contribution in [0.25, 0.3) is 22.4 Å². The summed E-state index contributed by atoms with van der Waals surface area (Å²) in [6, 6.07) is 13.6. The molecule has 5 aromatic rings. The minimum absolute atomic E-state index is 0.212. The van der Waals surface area contributed by atoms with Gasteiger partial charge in [-0.3, -0.25) is 9.59 Å². The first kappa shape index (κ1) is 21.8. The average molecular weight is 477 g/mol. The van der Waals surface area contributed by atoms with E-state index in [9.17, 15) is 14.0 Å². The summed E-state index contributed by atoms with van der Waals surface area (Å²) in [7, 11) is 0. The summed E-state index contributed by atoms with van der Waals surface area (Å²) in [6.45, 7) is 1.99. The third-order valence-corrected chi connectivity index (χ3v) is 6.33. The van der Waals surface area contributed by atoms with E-state index < -0.39 is 11.4 Å². The fraction of sp³-hybridized carbons (Fsp3) is 0.167. The molecule has 0 aliphatic carbocycles. The lowest BCUT2D eigenvalue weighted by Crippen LogP contribution is -2.35. The summed E-state index contributed by atoms with van der Waals surface area (Å²) in [4.78, 5) is 27.2. The molecule has 0 unspecified atom stereocenters. The molecule has 34 heavy (non-hydrogen) atoms. The molecule has 5 rings (SSSR count). The van der Waals surface area contributed by atoms with Crippen molar-refractivity contribution in [3.8, 4) is 11.5 Å². The van der Waals surface area contributed by atoms with E-state index in [1.165, 1.54) is 21.7 Å². The van der Waals surface area contributed by atoms with E-state index in [1.807, 2.05) is 29.6 Å². The van der Waals surface area contributed by atoms with Crippen LogP contribution in [0.2, 0.25) is 0 Å². The number of thiophene rings is 1. The number of hydrogen-bond acceptors (Lipinski definition) is 5. The minimum atomic E-state index is -0.444. The number of hydrogen-bond donors (Lipinski definition) is 1. The predicted octanol–water partition coefficient (Wildman–Crippen LogP) is 3.24. The lowest BCUT2D eigenvalue weighted by Gasteiger charge is -2.10. The Hall–Kier alpha value is -4.05. The SMILES string of the molecule is Cc1nn(CC(=O)NCCc2cccs2)c(=O)c2c(-n3cccc3)n(-c3cccc(F)c3)nc12. The van der Waals surface area contributed by atoms with Crippen molar-refractivity contribution < 1.29 is 9.18 Å². The summed E-state index contributed by atoms with van der Waals surface area (Å²) in [5.74, 6) is -0.264. The highest BCUT2D eigenvalue weighted by Crippen LogP contribution is 2.24. The van der Waals surface area contributed by atoms with Gasteiger partial charge < -0.3 is 9.88 Å². The molecule has 0 aliphatic heterocycles. The molecule has 0 bridgehead atoms. The fourth-order valence-electron chi connectivity index (χ4n) is 3.84. The first-order valence-corrected chi connectivity index (χ1v) is 11.6. The van der Waals surface area contributed by atoms with Gasteiger partial charge in [-0.05, 0) is 55.1 Å². The van der Waals surface area contributed by atoms with Gasteiger partial charge in [-0.25, -0.2) is 13.8 Å². The molecule has 0 saturated carbocycles. The smallest absolute Gasteiger partial charge is 0.280 e. The second-order valence-electron chi connectivity index (χ2n) is 7.76. The number of aromatic nitrogens is 5. The van der Waals surface area contributed by atoms with E-state index in [0.29, 0.717) is 34.6 Å². The molecule has 0 spiro atoms. The third kappa shape index (κ3) is 4.15. The number of nitrogens with one attached hydrogen (secondary N) is 1. The topological polar surface area (TPSA) is 86.7 Å². The van der Waals surface area contributed by atoms with Crippen molar-refractivity contribution in [2.75, 3.05) is 6.54 Å². The number of fused-ring (bicyclic) bond motifs is 1. The number of carbonyl (C=O) groups is 1. The number of amides is 1. The molecule has 0 aliphatic rings. The van der Waals surface area contributed by atoms with Gasteiger partial charge in [0.05, 0.1) is 11.4 Å². The van der Waals surface area contributed by atoms with E-state index in [0.717, 1.165) is 11.1 Å². The molecule has 1 amide bonds. The van der Waals surface area contributed by atoms with E-state index in [1.54, 1.807) is 47.4 Å². The van der Waals surface area contributed by atoms with E-state index in [-0.39, 0.29) is 12.5 Å². The van der Waals surface area contributed by atoms with Crippen molar-refractivity contribution in [2.24, 2.45) is 0 Å². The Morgan fingerprint density at radius 3 is 2.68 bits per heavy atom. The van der Waals surface area contributed by atoms with Gasteiger partial charge >= 0.3 is 0 Å². The molecule has 10 heteroatoms. The molecule has 0 radical (unpaired) electrons. The van der Waals surface area contributed by atoms with Crippen molar-refractivity contribution in [3.05, 3.63) is 93.0 Å². The molecule has 4 heterocycles. The van der Waals surface area contributed by atoms with Gasteiger partial charge in [0.15, 0.2) is 5.82 Å². The molecule has 0 saturated heterocycles. The van der Waals surface area contributed by atoms with Gasteiger partial charge in [-0.2, -0.15) is 10.2 Å². The second kappa shape index (κ2) is 9.06. The summed E-state index contributed by atoms with van der Waals surface area (Å²) >= 11 is 1.63. The lowest BCUT2D eigenvalue weighted by atomic mass is 10.2. The van der Waals surface area contributed by atoms with Crippen molar-refractivity contribution in [2.45, 2.75) is 19.9 Å². The molecule has 0 fully saturated rings. The predicted molar refractivity (Wildman–Crippen MR) is 128 cm³/mol. The Balaban J connectivity index is 1.54. The van der Waals surface area contributed by atoms with Gasteiger partial charge in [-0.1, -0.05) is 12.1 Å². The highest BCUT2D eigenvalue weighted by Gasteiger charge is 2.22. The number of benzene rings is 1. The normalized spacial score (nSPS) is 11.2. The fourth-order valence-corrected chi connectivity index (χ4v) is 4.55. The zero-order valence-corrected chi connectivity index (χ0v) is 19.1. The van der Waals surface area contributed by atoms with E-state index >= 15 is 0 Å². The van der Waals surface area contributed by atoms with Crippen LogP contribution >= 0.6 is 11.3 Å². The summed E-state index contributed by atoms with van der Waals surface area (Å²) < 4.78 is 18.4. The first-order chi connectivity index (χ1) is 16.5. The van der Waals surface area contributed by atoms with Crippen LogP contribution in [0.1, 0.15) is 10.6 Å². The van der Waals surface area contributed by atoms with E-state index in [2.05, 4.69) is 15.5 Å². The van der Waals surface area contributed by atoms with Crippen molar-refractivity contribution in [3.63, 3.8) is 0 Å². The van der Waals surface area contributed by atoms with Crippen LogP contribution in [0, 0.1) is 12.7 Å². The van der Waals surface area contributed by atoms with Crippen LogP contribution in [0.4, 0.5) is 4.39 Å². The molecule has 1 N–H and O–H groups in total. The molecular formula is C24H21FN6O2S. The number of nitrogens with zero attached hydrogens (tertiary/aromatic N) is 5. The zero-order chi connectivity index (χ0) is 23.7. The first-order valence-electron chi connectivity index (χ1n) is 10.7. The molecular weight excluding hydrogens is 455 g/mol. The van der Waals surface area contributed by atoms with Gasteiger partial charge in [0.25, 0.3) is 5.56 Å². The molecule has 172 valence electrons. The Bertz CT molecular complexity index is 1520. The molecule has 8 nitrogen and oxygen atoms in total. The van der Waals surface area contributed by atoms with E-state index in [4.69, 9.17) is 0 Å². The Morgan fingerprint density at radius 1 is 1.12 bits per heavy atom. The maximum Gasteiger partial charge on any atom is 0.280 e. The van der Waals surface area contributed by atoms with Crippen molar-refractivity contribution in [1.82, 2.24) is 29.4 Å². The molecule has 0 atom stereocenters. The molecule has 4 aromatic heterocycles. The second-order valence-corrected chi connectivity index (χ2v) is 8.79. The number of halogens is 1. The number of carbonyl (C=O) groups excluding carboxylic acids is 1. The largest absolute Gasteiger partial charge is 0.354 e. The molecule has 1 aromatic carbocycles. The number of rotatable bonds is 7. The Morgan fingerprint density at radius 2 is 1.94 bits per heavy atom. The van der Waals surface area contributed by atoms with Crippen LogP contribution in [0.15, 0.2) is 71.1 Å². The van der Waals surface area contributed by atoms with Crippen LogP contribution in [-0.4, -0.2) is 36.6 Å². The quantitative estimate of drug-likeness (QED) is 0.391. The highest BCUT2D eigenvalue weighted by atomic mass is 32.1. The maximum atomic E-state index is 14.0. The van der Waals surface area contributed by atoms with Crippen LogP contribution in [0.5, 0.6) is 0 Å². The van der Waals surface area contributed by atoms with Gasteiger partial charge in [0, 0.05) is 23.8 Å². The van der Waals surface area contributed by atoms with Crippen LogP contribution < -0.4 is 10.9 Å². The lowest BCUT2D eigenvalue weighted by molar-refractivity contribution is -0.121. The van der Waals surface area contributed by atoms with Crippen LogP contribution in [0.3, 0.4) is 0 Å². The number of aryl methyl sites for hydroxylation is 1. The van der Waals surface area contributed by atoms with Crippen molar-refractivity contribution in [1.29, 1.82) is 0 Å². The third-order valence-electron chi connectivity index (χ3n) is 5.39. The standard InChI is InChI=1S/C24H21FN6O2S/c1-16-22-21(24(33)30(27-16)15-20(32)26-10-9-19-8-5-13-34-19)23(29-11-2-3-12-29)31(28-22)18-7-4-6-17(25)14-18/h2-8,11-14H,9-10,15H2,1H3,(H,26,32). The van der Waals surface area contributed by atoms with Gasteiger partial charge in [-0.15, -0.1) is 11.3 Å². The van der Waals surface area contributed by atoms with Gasteiger partial charge in [0.1, 0.15) is 23.3 Å². The Kier molecular flexibility index (Phi) is 5.81. The average Bonchev–Trinajstić information content (AvgIpc) is 3.58.